The predicted octanol–water partition coefficient (Wildman–Crippen LogP) is 0.154. The molecule has 0 aliphatic carbocycles. The van der Waals surface area contributed by atoms with E-state index in [0.29, 0.717) is 0 Å². The van der Waals surface area contributed by atoms with Crippen LogP contribution < -0.4 is 6.15 Å². The molecule has 0 spiro atoms. The van der Waals surface area contributed by atoms with Crippen LogP contribution in [0.2, 0.25) is 0 Å². The van der Waals surface area contributed by atoms with Gasteiger partial charge < -0.3 is 6.15 Å². The van der Waals surface area contributed by atoms with Crippen LogP contribution in [-0.4, -0.2) is 0 Å². The van der Waals surface area contributed by atoms with E-state index in [-0.39, 0.29) is 60.5 Å². The molecular formula is H3CoMoNNi. The van der Waals surface area contributed by atoms with Gasteiger partial charge in [-0.3, -0.25) is 0 Å². The Bertz CT molecular complexity index is 8.00. The van der Waals surface area contributed by atoms with E-state index in [2.05, 4.69) is 0 Å². The topological polar surface area (TPSA) is 35.0 Å². The fourth-order valence-electron chi connectivity index (χ4n) is 0. The third-order valence-electron chi connectivity index (χ3n) is 0. The van der Waals surface area contributed by atoms with Crippen LogP contribution in [0.4, 0.5) is 0 Å². The predicted molar refractivity (Wildman–Crippen MR) is 5.02 cm³/mol. The maximum Gasteiger partial charge on any atom is 0 e. The Labute approximate surface area is 60.3 Å². The van der Waals surface area contributed by atoms with Crippen LogP contribution in [0.5, 0.6) is 0 Å². The monoisotopic (exact) mass is 232 g/mol. The van der Waals surface area contributed by atoms with Crippen molar-refractivity contribution in [1.82, 2.24) is 6.15 Å². The maximum atomic E-state index is 0. The Balaban J connectivity index is 0. The molecule has 4 heteroatoms. The van der Waals surface area contributed by atoms with Gasteiger partial charge in [0.2, 0.25) is 0 Å². The molecule has 0 atom stereocenters. The molecule has 0 aliphatic heterocycles. The Kier molecular flexibility index (Phi) is 256. The van der Waals surface area contributed by atoms with Crippen molar-refractivity contribution in [1.29, 1.82) is 0 Å². The largest absolute Gasteiger partial charge is 0.344 e. The molecule has 0 aliphatic rings. The van der Waals surface area contributed by atoms with E-state index < -0.39 is 0 Å². The van der Waals surface area contributed by atoms with Gasteiger partial charge in [0.05, 0.1) is 0 Å². The quantitative estimate of drug-likeness (QED) is 0.591. The first-order chi connectivity index (χ1) is 0. The first-order valence-corrected chi connectivity index (χ1v) is 0. The molecule has 0 unspecified atom stereocenters. The van der Waals surface area contributed by atoms with Crippen molar-refractivity contribution < 1.29 is 54.3 Å². The van der Waals surface area contributed by atoms with Gasteiger partial charge in [0.1, 0.15) is 0 Å². The summed E-state index contributed by atoms with van der Waals surface area (Å²) in [5, 5.41) is 0. The Morgan fingerprint density at radius 2 is 1.00 bits per heavy atom. The second kappa shape index (κ2) is 22.8. The molecule has 0 bridgehead atoms. The molecule has 3 N–H and O–H groups in total. The van der Waals surface area contributed by atoms with Crippen molar-refractivity contribution >= 4 is 0 Å². The van der Waals surface area contributed by atoms with Gasteiger partial charge >= 0.3 is 0 Å². The standard InChI is InChI=1S/Co.Mo.H3N.Ni/h;;1H3;. The van der Waals surface area contributed by atoms with E-state index in [1.165, 1.54) is 0 Å². The van der Waals surface area contributed by atoms with Gasteiger partial charge in [-0.1, -0.05) is 0 Å². The molecule has 1 radical (unpaired) electrons. The van der Waals surface area contributed by atoms with Gasteiger partial charge in [-0.2, -0.15) is 0 Å². The second-order valence-electron chi connectivity index (χ2n) is 0. The molecule has 0 heterocycles. The third kappa shape index (κ3) is 9.42. The molecule has 0 rings (SSSR count). The zero-order valence-electron chi connectivity index (χ0n) is 1.76. The summed E-state index contributed by atoms with van der Waals surface area (Å²) < 4.78 is 0. The average molecular weight is 231 g/mol. The zero-order chi connectivity index (χ0) is 0. The van der Waals surface area contributed by atoms with Gasteiger partial charge in [0.25, 0.3) is 0 Å². The van der Waals surface area contributed by atoms with Crippen molar-refractivity contribution in [2.24, 2.45) is 0 Å². The summed E-state index contributed by atoms with van der Waals surface area (Å²) >= 11 is 0. The normalized spacial score (nSPS) is 0. The van der Waals surface area contributed by atoms with Crippen LogP contribution in [-0.2, 0) is 54.3 Å². The van der Waals surface area contributed by atoms with Crippen molar-refractivity contribution in [3.05, 3.63) is 0 Å². The molecule has 0 amide bonds. The summed E-state index contributed by atoms with van der Waals surface area (Å²) in [7, 11) is 0. The number of rotatable bonds is 0. The zero-order valence-corrected chi connectivity index (χ0v) is 5.80. The van der Waals surface area contributed by atoms with Crippen molar-refractivity contribution in [2.45, 2.75) is 0 Å². The van der Waals surface area contributed by atoms with Gasteiger partial charge in [-0.15, -0.1) is 0 Å². The van der Waals surface area contributed by atoms with E-state index in [0.717, 1.165) is 0 Å². The summed E-state index contributed by atoms with van der Waals surface area (Å²) in [5.74, 6) is 0. The summed E-state index contributed by atoms with van der Waals surface area (Å²) in [5.41, 5.74) is 0. The molecule has 1 nitrogen and oxygen atoms in total. The first kappa shape index (κ1) is 44.9. The molecular weight excluding hydrogens is 228 g/mol. The Morgan fingerprint density at radius 1 is 1.00 bits per heavy atom. The molecule has 33 valence electrons. The fraction of sp³-hybridized carbons (Fsp3) is 0. The minimum atomic E-state index is 0. The van der Waals surface area contributed by atoms with E-state index in [4.69, 9.17) is 0 Å². The summed E-state index contributed by atoms with van der Waals surface area (Å²) in [4.78, 5) is 0. The third-order valence-corrected chi connectivity index (χ3v) is 0. The average Bonchev–Trinajstić information content (AvgIpc) is 0. The second-order valence-corrected chi connectivity index (χ2v) is 0. The minimum Gasteiger partial charge on any atom is -0.344 e. The molecule has 0 aromatic heterocycles. The molecule has 4 heavy (non-hydrogen) atoms. The van der Waals surface area contributed by atoms with Crippen molar-refractivity contribution in [2.75, 3.05) is 0 Å². The van der Waals surface area contributed by atoms with E-state index in [1.807, 2.05) is 0 Å². The smallest absolute Gasteiger partial charge is 0 e. The van der Waals surface area contributed by atoms with Crippen LogP contribution in [0, 0.1) is 0 Å². The van der Waals surface area contributed by atoms with Gasteiger partial charge in [-0.25, -0.2) is 0 Å². The van der Waals surface area contributed by atoms with Gasteiger partial charge in [-0.05, 0) is 0 Å². The Morgan fingerprint density at radius 3 is 1.00 bits per heavy atom. The van der Waals surface area contributed by atoms with Crippen molar-refractivity contribution in [3.63, 3.8) is 0 Å². The van der Waals surface area contributed by atoms with E-state index in [9.17, 15) is 0 Å². The van der Waals surface area contributed by atoms with Crippen molar-refractivity contribution in [3.8, 4) is 0 Å². The molecule has 0 aromatic carbocycles. The number of hydrogen-bond donors (Lipinski definition) is 1. The van der Waals surface area contributed by atoms with Crippen LogP contribution in [0.1, 0.15) is 0 Å². The number of hydrogen-bond acceptors (Lipinski definition) is 1. The summed E-state index contributed by atoms with van der Waals surface area (Å²) in [6.45, 7) is 0. The first-order valence-electron chi connectivity index (χ1n) is 0. The van der Waals surface area contributed by atoms with Crippen LogP contribution in [0.15, 0.2) is 0 Å². The summed E-state index contributed by atoms with van der Waals surface area (Å²) in [6, 6.07) is 0. The molecule has 0 fully saturated rings. The summed E-state index contributed by atoms with van der Waals surface area (Å²) in [6.07, 6.45) is 0. The SMILES string of the molecule is N.[Co].[Mo].[Ni]. The van der Waals surface area contributed by atoms with E-state index >= 15 is 0 Å². The molecule has 0 saturated heterocycles. The van der Waals surface area contributed by atoms with Crippen LogP contribution >= 0.6 is 0 Å². The molecule has 0 aromatic rings. The maximum absolute atomic E-state index is 0. The van der Waals surface area contributed by atoms with Gasteiger partial charge in [0.15, 0.2) is 0 Å². The minimum absolute atomic E-state index is 0. The molecule has 0 saturated carbocycles. The van der Waals surface area contributed by atoms with Crippen LogP contribution in [0.3, 0.4) is 0 Å². The van der Waals surface area contributed by atoms with Gasteiger partial charge in [0, 0.05) is 54.3 Å². The van der Waals surface area contributed by atoms with E-state index in [1.54, 1.807) is 0 Å². The fourth-order valence-corrected chi connectivity index (χ4v) is 0. The van der Waals surface area contributed by atoms with Crippen LogP contribution in [0.25, 0.3) is 0 Å². The Hall–Kier alpha value is 1.65.